The summed E-state index contributed by atoms with van der Waals surface area (Å²) < 4.78 is 30.9. The van der Waals surface area contributed by atoms with E-state index in [1.165, 1.54) is 35.2 Å². The minimum Gasteiger partial charge on any atom is -0.493 e. The first kappa shape index (κ1) is 38.3. The van der Waals surface area contributed by atoms with Crippen molar-refractivity contribution < 1.29 is 33.6 Å². The number of benzene rings is 2. The van der Waals surface area contributed by atoms with E-state index in [4.69, 9.17) is 35.3 Å². The number of nitrogens with zero attached hydrogens (tertiary/aromatic N) is 2. The molecule has 5 atom stereocenters. The number of aromatic nitrogens is 1. The van der Waals surface area contributed by atoms with Crippen molar-refractivity contribution in [2.45, 2.75) is 101 Å². The molecule has 2 aliphatic heterocycles. The highest BCUT2D eigenvalue weighted by molar-refractivity contribution is 6.30. The number of likely N-dealkylation sites (tertiary alicyclic amines) is 1. The number of halogens is 1. The van der Waals surface area contributed by atoms with Gasteiger partial charge in [0.25, 0.3) is 0 Å². The number of nitrogens with one attached hydrogen (secondary N) is 1. The monoisotopic (exact) mass is 773 g/mol. The minimum absolute atomic E-state index is 0.0297. The molecule has 2 aromatic carbocycles. The van der Waals surface area contributed by atoms with Gasteiger partial charge in [0.15, 0.2) is 11.5 Å². The summed E-state index contributed by atoms with van der Waals surface area (Å²) in [4.78, 5) is 20.1. The lowest BCUT2D eigenvalue weighted by atomic mass is 9.59. The Hall–Kier alpha value is -3.57. The van der Waals surface area contributed by atoms with Gasteiger partial charge in [0.1, 0.15) is 23.5 Å². The zero-order chi connectivity index (χ0) is 38.2. The SMILES string of the molecule is COCCOCCN1C[C@@H]2Oc3cc4c(cc3O[C@@H]2C1)C[C@H](C[C@@H](C)COc1ccnc2c1[C@H](C)CCC2)C41CCC(Nc2cccc(Cl)c2)(C(=O)O)CC1. The van der Waals surface area contributed by atoms with Gasteiger partial charge in [-0.1, -0.05) is 31.5 Å². The molecular weight excluding hydrogens is 718 g/mol. The van der Waals surface area contributed by atoms with Crippen LogP contribution in [0, 0.1) is 11.8 Å². The van der Waals surface area contributed by atoms with Gasteiger partial charge in [0.05, 0.1) is 26.4 Å². The number of fused-ring (bicyclic) bond motifs is 5. The summed E-state index contributed by atoms with van der Waals surface area (Å²) in [6, 6.07) is 13.9. The fraction of sp³-hybridized carbons (Fsp3) is 0.591. The lowest BCUT2D eigenvalue weighted by molar-refractivity contribution is -0.144. The fourth-order valence-electron chi connectivity index (χ4n) is 10.3. The van der Waals surface area contributed by atoms with E-state index in [-0.39, 0.29) is 17.6 Å². The summed E-state index contributed by atoms with van der Waals surface area (Å²) in [5, 5.41) is 14.7. The highest BCUT2D eigenvalue weighted by Gasteiger charge is 2.55. The third-order valence-electron chi connectivity index (χ3n) is 13.2. The van der Waals surface area contributed by atoms with E-state index < -0.39 is 11.5 Å². The predicted octanol–water partition coefficient (Wildman–Crippen LogP) is 7.69. The van der Waals surface area contributed by atoms with Crippen molar-refractivity contribution in [2.75, 3.05) is 58.5 Å². The first-order chi connectivity index (χ1) is 26.7. The largest absolute Gasteiger partial charge is 0.493 e. The topological polar surface area (TPSA) is 112 Å². The predicted molar refractivity (Wildman–Crippen MR) is 212 cm³/mol. The van der Waals surface area contributed by atoms with Crippen LogP contribution in [-0.4, -0.2) is 91.9 Å². The molecule has 2 N–H and O–H groups in total. The Morgan fingerprint density at radius 1 is 1.07 bits per heavy atom. The van der Waals surface area contributed by atoms with Gasteiger partial charge in [0.2, 0.25) is 0 Å². The van der Waals surface area contributed by atoms with Gasteiger partial charge in [-0.15, -0.1) is 0 Å². The van der Waals surface area contributed by atoms with Crippen LogP contribution in [0.1, 0.15) is 87.1 Å². The van der Waals surface area contributed by atoms with Crippen molar-refractivity contribution in [1.82, 2.24) is 9.88 Å². The van der Waals surface area contributed by atoms with Crippen LogP contribution in [0.5, 0.6) is 17.2 Å². The highest BCUT2D eigenvalue weighted by atomic mass is 35.5. The van der Waals surface area contributed by atoms with Gasteiger partial charge in [-0.05, 0) is 128 Å². The number of hydrogen-bond donors (Lipinski definition) is 2. The molecule has 11 heteroatoms. The normalized spacial score (nSPS) is 28.7. The Morgan fingerprint density at radius 3 is 2.60 bits per heavy atom. The Bertz CT molecular complexity index is 1850. The van der Waals surface area contributed by atoms with Crippen LogP contribution in [0.25, 0.3) is 0 Å². The van der Waals surface area contributed by atoms with Crippen molar-refractivity contribution >= 4 is 23.3 Å². The minimum atomic E-state index is -1.09. The second-order valence-corrected chi connectivity index (χ2v) is 17.3. The van der Waals surface area contributed by atoms with Crippen LogP contribution in [0.15, 0.2) is 48.7 Å². The third kappa shape index (κ3) is 7.76. The molecule has 0 unspecified atom stereocenters. The van der Waals surface area contributed by atoms with E-state index in [1.807, 2.05) is 36.5 Å². The maximum atomic E-state index is 13.1. The molecule has 55 heavy (non-hydrogen) atoms. The molecule has 1 aromatic heterocycles. The molecule has 1 saturated heterocycles. The summed E-state index contributed by atoms with van der Waals surface area (Å²) in [5.41, 5.74) is 4.50. The van der Waals surface area contributed by atoms with Crippen molar-refractivity contribution in [1.29, 1.82) is 0 Å². The molecule has 296 valence electrons. The fourth-order valence-corrected chi connectivity index (χ4v) is 10.5. The van der Waals surface area contributed by atoms with E-state index in [9.17, 15) is 9.90 Å². The smallest absolute Gasteiger partial charge is 0.329 e. The molecule has 3 aliphatic carbocycles. The zero-order valence-corrected chi connectivity index (χ0v) is 33.2. The maximum Gasteiger partial charge on any atom is 0.329 e. The molecule has 5 aliphatic rings. The Balaban J connectivity index is 1.02. The zero-order valence-electron chi connectivity index (χ0n) is 32.5. The molecular formula is C44H56ClN3O7. The second-order valence-electron chi connectivity index (χ2n) is 16.8. The van der Waals surface area contributed by atoms with E-state index in [2.05, 4.69) is 41.2 Å². The number of carbonyl (C=O) groups is 1. The van der Waals surface area contributed by atoms with Gasteiger partial charge in [-0.2, -0.15) is 0 Å². The molecule has 10 nitrogen and oxygen atoms in total. The summed E-state index contributed by atoms with van der Waals surface area (Å²) in [7, 11) is 1.68. The van der Waals surface area contributed by atoms with Gasteiger partial charge < -0.3 is 34.1 Å². The number of ether oxygens (including phenoxy) is 5. The molecule has 8 rings (SSSR count). The van der Waals surface area contributed by atoms with Crippen molar-refractivity contribution in [3.8, 4) is 17.2 Å². The Morgan fingerprint density at radius 2 is 1.85 bits per heavy atom. The first-order valence-electron chi connectivity index (χ1n) is 20.3. The number of anilines is 1. The van der Waals surface area contributed by atoms with Crippen molar-refractivity contribution in [3.05, 3.63) is 76.1 Å². The maximum absolute atomic E-state index is 13.1. The van der Waals surface area contributed by atoms with Gasteiger partial charge >= 0.3 is 5.97 Å². The van der Waals surface area contributed by atoms with Crippen LogP contribution in [-0.2, 0) is 32.5 Å². The van der Waals surface area contributed by atoms with Crippen LogP contribution in [0.4, 0.5) is 5.69 Å². The van der Waals surface area contributed by atoms with E-state index >= 15 is 0 Å². The molecule has 0 amide bonds. The number of aryl methyl sites for hydroxylation is 1. The first-order valence-corrected chi connectivity index (χ1v) is 20.7. The number of methoxy groups -OCH3 is 1. The Kier molecular flexibility index (Phi) is 11.2. The second kappa shape index (κ2) is 16.1. The summed E-state index contributed by atoms with van der Waals surface area (Å²) in [5.74, 6) is 2.84. The summed E-state index contributed by atoms with van der Waals surface area (Å²) in [6.07, 6.45) is 9.54. The molecule has 3 aromatic rings. The lowest BCUT2D eigenvalue weighted by Crippen LogP contribution is -2.53. The van der Waals surface area contributed by atoms with E-state index in [0.717, 1.165) is 74.7 Å². The van der Waals surface area contributed by atoms with E-state index in [0.29, 0.717) is 62.0 Å². The molecule has 1 saturated carbocycles. The van der Waals surface area contributed by atoms with Gasteiger partial charge in [0, 0.05) is 54.9 Å². The van der Waals surface area contributed by atoms with Crippen LogP contribution in [0.2, 0.25) is 5.02 Å². The number of carboxylic acid groups (broad SMARTS) is 1. The van der Waals surface area contributed by atoms with Crippen LogP contribution in [0.3, 0.4) is 0 Å². The standard InChI is InChI=1S/C44H56ClN3O7/c1-28(27-53-36-10-15-46-35-9-4-6-29(2)41(35)36)20-31-21-30-22-37-38(55-40-26-48(25-39(40)54-37)16-17-52-19-18-51-3)24-34(30)43(31)11-13-44(14-12-43,42(49)50)47-33-8-5-7-32(45)23-33/h5,7-8,10,15,22-24,28-29,31,39-40,47H,4,6,9,11-14,16-21,25-27H2,1-3H3,(H,49,50)/t28-,29-,31+,39-,40+,43?,44?/m1/s1. The summed E-state index contributed by atoms with van der Waals surface area (Å²) in [6.45, 7) is 9.44. The highest BCUT2D eigenvalue weighted by Crippen LogP contribution is 2.58. The number of aliphatic carboxylic acids is 1. The summed E-state index contributed by atoms with van der Waals surface area (Å²) >= 11 is 6.32. The average Bonchev–Trinajstić information content (AvgIpc) is 3.69. The molecule has 3 heterocycles. The third-order valence-corrected chi connectivity index (χ3v) is 13.4. The van der Waals surface area contributed by atoms with Crippen LogP contribution >= 0.6 is 11.6 Å². The number of rotatable bonds is 14. The van der Waals surface area contributed by atoms with Crippen molar-refractivity contribution in [3.63, 3.8) is 0 Å². The number of hydrogen-bond acceptors (Lipinski definition) is 9. The van der Waals surface area contributed by atoms with Gasteiger partial charge in [-0.25, -0.2) is 4.79 Å². The molecule has 2 fully saturated rings. The molecule has 1 spiro atoms. The van der Waals surface area contributed by atoms with E-state index in [1.54, 1.807) is 7.11 Å². The Labute approximate surface area is 330 Å². The number of carboxylic acids is 1. The quantitative estimate of drug-likeness (QED) is 0.158. The number of pyridine rings is 1. The molecule has 0 radical (unpaired) electrons. The molecule has 0 bridgehead atoms. The lowest BCUT2D eigenvalue weighted by Gasteiger charge is -2.47. The van der Waals surface area contributed by atoms with Crippen LogP contribution < -0.4 is 19.5 Å². The van der Waals surface area contributed by atoms with Crippen molar-refractivity contribution in [2.24, 2.45) is 11.8 Å². The van der Waals surface area contributed by atoms with Gasteiger partial charge in [-0.3, -0.25) is 9.88 Å². The average molecular weight is 774 g/mol.